The van der Waals surface area contributed by atoms with Gasteiger partial charge >= 0.3 is 5.97 Å². The van der Waals surface area contributed by atoms with Crippen LogP contribution in [0.2, 0.25) is 0 Å². The molecular weight excluding hydrogens is 530 g/mol. The number of carboxylic acids is 1. The minimum atomic E-state index is -1.17. The number of nitrogens with one attached hydrogen (secondary N) is 2. The number of likely N-dealkylation sites (tertiary alicyclic amines) is 1. The summed E-state index contributed by atoms with van der Waals surface area (Å²) in [6.07, 6.45) is 2.36. The molecule has 1 aromatic heterocycles. The lowest BCUT2D eigenvalue weighted by Crippen LogP contribution is -2.66. The zero-order valence-corrected chi connectivity index (χ0v) is 22.5. The van der Waals surface area contributed by atoms with E-state index in [1.807, 2.05) is 6.92 Å². The van der Waals surface area contributed by atoms with Crippen LogP contribution in [0.5, 0.6) is 0 Å². The Bertz CT molecular complexity index is 1190. The van der Waals surface area contributed by atoms with Gasteiger partial charge in [0.2, 0.25) is 17.7 Å². The van der Waals surface area contributed by atoms with Gasteiger partial charge in [0.05, 0.1) is 30.1 Å². The van der Waals surface area contributed by atoms with Crippen LogP contribution in [0.3, 0.4) is 0 Å². The first kappa shape index (κ1) is 27.5. The molecule has 2 unspecified atom stereocenters. The number of aliphatic hydroxyl groups is 1. The predicted molar refractivity (Wildman–Crippen MR) is 136 cm³/mol. The highest BCUT2D eigenvalue weighted by Crippen LogP contribution is 2.51. The highest BCUT2D eigenvalue weighted by atomic mass is 32.2. The third-order valence-electron chi connectivity index (χ3n) is 8.11. The molecule has 0 spiro atoms. The summed E-state index contributed by atoms with van der Waals surface area (Å²) in [4.78, 5) is 54.5. The second kappa shape index (κ2) is 10.5. The number of hydrogen-bond acceptors (Lipinski definition) is 11. The average Bonchev–Trinajstić information content (AvgIpc) is 3.67. The molecule has 212 valence electrons. The maximum atomic E-state index is 13.1. The molecule has 0 saturated carbocycles. The molecule has 7 atom stereocenters. The average molecular weight is 564 g/mol. The van der Waals surface area contributed by atoms with E-state index in [-0.39, 0.29) is 53.8 Å². The van der Waals surface area contributed by atoms with E-state index >= 15 is 0 Å². The Morgan fingerprint density at radius 1 is 1.38 bits per heavy atom. The number of amides is 3. The first-order valence-corrected chi connectivity index (χ1v) is 13.8. The number of aromatic nitrogens is 4. The Morgan fingerprint density at radius 2 is 2.15 bits per heavy atom. The van der Waals surface area contributed by atoms with Crippen LogP contribution >= 0.6 is 11.8 Å². The van der Waals surface area contributed by atoms with E-state index in [0.29, 0.717) is 37.4 Å². The summed E-state index contributed by atoms with van der Waals surface area (Å²) in [7, 11) is 0. The minimum Gasteiger partial charge on any atom is -0.477 e. The van der Waals surface area contributed by atoms with E-state index in [1.54, 1.807) is 11.8 Å². The molecule has 0 bridgehead atoms. The summed E-state index contributed by atoms with van der Waals surface area (Å²) in [5, 5.41) is 36.2. The number of carboxylic acid groups (broad SMARTS) is 1. The van der Waals surface area contributed by atoms with Crippen LogP contribution in [-0.2, 0) is 25.7 Å². The first-order valence-electron chi connectivity index (χ1n) is 12.9. The van der Waals surface area contributed by atoms with E-state index in [1.165, 1.54) is 27.7 Å². The smallest absolute Gasteiger partial charge is 0.353 e. The lowest BCUT2D eigenvalue weighted by atomic mass is 9.78. The molecule has 3 amide bonds. The molecule has 4 aliphatic rings. The van der Waals surface area contributed by atoms with Crippen molar-refractivity contribution in [1.82, 2.24) is 40.6 Å². The third kappa shape index (κ3) is 5.01. The molecule has 16 heteroatoms. The van der Waals surface area contributed by atoms with Crippen molar-refractivity contribution in [2.45, 2.75) is 62.1 Å². The number of thioether (sulfide) groups is 1. The number of aliphatic carboxylic acids is 1. The van der Waals surface area contributed by atoms with Gasteiger partial charge in [0.1, 0.15) is 18.6 Å². The SMILES string of the molecule is C[C@@H](NC(=O)Cn1cnnn1)[C@H]1C(=O)N2C(C(=O)O)=C(S[C@@H]3CNC(C(=O)N4CCC(N)(CO)C4)C3)[C@H](C)[C@H]12. The van der Waals surface area contributed by atoms with Gasteiger partial charge in [-0.15, -0.1) is 16.9 Å². The van der Waals surface area contributed by atoms with Crippen molar-refractivity contribution in [2.24, 2.45) is 17.6 Å². The quantitative estimate of drug-likeness (QED) is 0.195. The van der Waals surface area contributed by atoms with Crippen molar-refractivity contribution >= 4 is 35.5 Å². The standard InChI is InChI=1S/C23H33N9O6S/c1-11-17-16(12(2)27-15(34)7-31-10-26-28-29-31)21(36)32(17)18(22(37)38)19(11)39-13-5-14(25-6-13)20(35)30-4-3-23(24,8-30)9-33/h10-14,16-17,25,33H,3-9,24H2,1-2H3,(H,27,34)(H,37,38)/t11-,12-,13+,14?,16-,17-,23?/m1/s1. The van der Waals surface area contributed by atoms with E-state index in [2.05, 4.69) is 26.2 Å². The number of hydrogen-bond donors (Lipinski definition) is 5. The molecule has 3 fully saturated rings. The highest BCUT2D eigenvalue weighted by molar-refractivity contribution is 8.03. The van der Waals surface area contributed by atoms with Crippen LogP contribution in [0.4, 0.5) is 0 Å². The Labute approximate surface area is 228 Å². The molecular formula is C23H33N9O6S. The number of nitrogens with two attached hydrogens (primary N) is 1. The van der Waals surface area contributed by atoms with Crippen molar-refractivity contribution in [3.8, 4) is 0 Å². The lowest BCUT2D eigenvalue weighted by Gasteiger charge is -2.47. The van der Waals surface area contributed by atoms with Gasteiger partial charge < -0.3 is 36.4 Å². The summed E-state index contributed by atoms with van der Waals surface area (Å²) in [5.41, 5.74) is 5.33. The van der Waals surface area contributed by atoms with Crippen molar-refractivity contribution in [2.75, 3.05) is 26.2 Å². The Hall–Kier alpha value is -3.08. The number of carbonyl (C=O) groups excluding carboxylic acids is 3. The number of aliphatic hydroxyl groups excluding tert-OH is 1. The van der Waals surface area contributed by atoms with Gasteiger partial charge in [-0.05, 0) is 30.2 Å². The van der Waals surface area contributed by atoms with Crippen LogP contribution in [0, 0.1) is 11.8 Å². The normalized spacial score (nSPS) is 32.8. The summed E-state index contributed by atoms with van der Waals surface area (Å²) >= 11 is 1.40. The van der Waals surface area contributed by atoms with Crippen molar-refractivity contribution in [3.05, 3.63) is 16.9 Å². The first-order chi connectivity index (χ1) is 18.5. The molecule has 0 aromatic carbocycles. The second-order valence-corrected chi connectivity index (χ2v) is 12.2. The zero-order valence-electron chi connectivity index (χ0n) is 21.7. The number of rotatable bonds is 9. The molecule has 3 saturated heterocycles. The van der Waals surface area contributed by atoms with E-state index in [9.17, 15) is 29.4 Å². The molecule has 5 rings (SSSR count). The van der Waals surface area contributed by atoms with Gasteiger partial charge in [-0.3, -0.25) is 14.4 Å². The Balaban J connectivity index is 1.22. The Kier molecular flexibility index (Phi) is 7.39. The molecule has 6 N–H and O–H groups in total. The van der Waals surface area contributed by atoms with Gasteiger partial charge in [0, 0.05) is 41.7 Å². The maximum Gasteiger partial charge on any atom is 0.353 e. The van der Waals surface area contributed by atoms with Crippen molar-refractivity contribution in [1.29, 1.82) is 0 Å². The van der Waals surface area contributed by atoms with E-state index in [0.717, 1.165) is 0 Å². The van der Waals surface area contributed by atoms with Gasteiger partial charge in [0.15, 0.2) is 0 Å². The molecule has 0 radical (unpaired) electrons. The summed E-state index contributed by atoms with van der Waals surface area (Å²) < 4.78 is 1.27. The largest absolute Gasteiger partial charge is 0.477 e. The second-order valence-electron chi connectivity index (χ2n) is 10.9. The highest BCUT2D eigenvalue weighted by Gasteiger charge is 2.60. The molecule has 39 heavy (non-hydrogen) atoms. The fourth-order valence-electron chi connectivity index (χ4n) is 6.08. The van der Waals surface area contributed by atoms with Crippen molar-refractivity contribution in [3.63, 3.8) is 0 Å². The number of tetrazole rings is 1. The third-order valence-corrected chi connectivity index (χ3v) is 9.62. The molecule has 0 aliphatic carbocycles. The van der Waals surface area contributed by atoms with Crippen molar-refractivity contribution < 1.29 is 29.4 Å². The maximum absolute atomic E-state index is 13.1. The van der Waals surface area contributed by atoms with Crippen LogP contribution in [0.25, 0.3) is 0 Å². The number of β-lactam (4-membered cyclic amide) rings is 1. The molecule has 15 nitrogen and oxygen atoms in total. The van der Waals surface area contributed by atoms with Gasteiger partial charge in [-0.25, -0.2) is 9.48 Å². The lowest BCUT2D eigenvalue weighted by molar-refractivity contribution is -0.158. The van der Waals surface area contributed by atoms with Crippen LogP contribution in [0.15, 0.2) is 16.9 Å². The monoisotopic (exact) mass is 563 g/mol. The summed E-state index contributed by atoms with van der Waals surface area (Å²) in [5.74, 6) is -2.76. The fourth-order valence-corrected chi connectivity index (χ4v) is 7.56. The Morgan fingerprint density at radius 3 is 2.79 bits per heavy atom. The van der Waals surface area contributed by atoms with E-state index < -0.39 is 29.5 Å². The molecule has 5 heterocycles. The number of carbonyl (C=O) groups is 4. The van der Waals surface area contributed by atoms with Gasteiger partial charge in [0.25, 0.3) is 0 Å². The predicted octanol–water partition coefficient (Wildman–Crippen LogP) is -2.66. The summed E-state index contributed by atoms with van der Waals surface area (Å²) in [6.45, 7) is 4.65. The van der Waals surface area contributed by atoms with E-state index in [4.69, 9.17) is 5.73 Å². The number of fused-ring (bicyclic) bond motifs is 1. The van der Waals surface area contributed by atoms with Crippen LogP contribution < -0.4 is 16.4 Å². The number of nitrogens with zero attached hydrogens (tertiary/aromatic N) is 6. The summed E-state index contributed by atoms with van der Waals surface area (Å²) in [6, 6.07) is -1.33. The zero-order chi connectivity index (χ0) is 28.1. The minimum absolute atomic E-state index is 0.0175. The van der Waals surface area contributed by atoms with Gasteiger partial charge in [-0.1, -0.05) is 6.92 Å². The van der Waals surface area contributed by atoms with Crippen LogP contribution in [0.1, 0.15) is 26.7 Å². The fraction of sp³-hybridized carbons (Fsp3) is 0.696. The molecule has 4 aliphatic heterocycles. The molecule has 1 aromatic rings. The van der Waals surface area contributed by atoms with Gasteiger partial charge in [-0.2, -0.15) is 0 Å². The topological polar surface area (TPSA) is 209 Å². The van der Waals surface area contributed by atoms with Crippen LogP contribution in [-0.4, -0.2) is 119 Å².